The van der Waals surface area contributed by atoms with E-state index in [1.54, 1.807) is 7.05 Å². The van der Waals surface area contributed by atoms with Gasteiger partial charge in [0.25, 0.3) is 0 Å². The maximum Gasteiger partial charge on any atom is 0.191 e. The summed E-state index contributed by atoms with van der Waals surface area (Å²) in [7, 11) is 1.75. The van der Waals surface area contributed by atoms with Gasteiger partial charge >= 0.3 is 0 Å². The number of aromatic nitrogens is 1. The molecule has 0 fully saturated rings. The molecule has 0 saturated carbocycles. The van der Waals surface area contributed by atoms with Gasteiger partial charge in [-0.2, -0.15) is 0 Å². The van der Waals surface area contributed by atoms with Crippen LogP contribution in [0.15, 0.2) is 32.2 Å². The van der Waals surface area contributed by atoms with Crippen molar-refractivity contribution in [2.24, 2.45) is 4.99 Å². The van der Waals surface area contributed by atoms with Gasteiger partial charge in [0, 0.05) is 35.2 Å². The Morgan fingerprint density at radius 1 is 1.33 bits per heavy atom. The van der Waals surface area contributed by atoms with E-state index in [1.807, 2.05) is 32.0 Å². The van der Waals surface area contributed by atoms with Gasteiger partial charge in [-0.3, -0.25) is 4.99 Å². The van der Waals surface area contributed by atoms with Gasteiger partial charge in [0.2, 0.25) is 0 Å². The molecule has 0 radical (unpaired) electrons. The van der Waals surface area contributed by atoms with E-state index in [2.05, 4.69) is 36.7 Å². The zero-order valence-corrected chi connectivity index (χ0v) is 18.5. The molecule has 0 atom stereocenters. The van der Waals surface area contributed by atoms with Crippen LogP contribution in [0.1, 0.15) is 22.6 Å². The van der Waals surface area contributed by atoms with Crippen LogP contribution >= 0.6 is 51.5 Å². The van der Waals surface area contributed by atoms with E-state index in [-0.39, 0.29) is 24.0 Å². The van der Waals surface area contributed by atoms with Crippen molar-refractivity contribution in [3.05, 3.63) is 50.3 Å². The highest BCUT2D eigenvalue weighted by molar-refractivity contribution is 14.0. The molecule has 2 N–H and O–H groups in total. The first-order valence-electron chi connectivity index (χ1n) is 7.31. The van der Waals surface area contributed by atoms with Crippen LogP contribution in [0.2, 0.25) is 5.02 Å². The Morgan fingerprint density at radius 3 is 2.71 bits per heavy atom. The molecule has 2 aromatic rings. The third-order valence-corrected chi connectivity index (χ3v) is 4.54. The van der Waals surface area contributed by atoms with Gasteiger partial charge in [-0.15, -0.1) is 24.0 Å². The van der Waals surface area contributed by atoms with E-state index >= 15 is 0 Å². The van der Waals surface area contributed by atoms with Crippen LogP contribution in [0.25, 0.3) is 0 Å². The minimum Gasteiger partial charge on any atom is -0.361 e. The SMILES string of the molecule is CN=C(NCCc1cc(Cl)ccc1Br)NCc1c(C)noc1C.I. The van der Waals surface area contributed by atoms with Crippen molar-refractivity contribution in [2.75, 3.05) is 13.6 Å². The number of benzene rings is 1. The van der Waals surface area contributed by atoms with E-state index in [9.17, 15) is 0 Å². The number of aliphatic imine (C=N–C) groups is 1. The Kier molecular flexibility index (Phi) is 9.07. The van der Waals surface area contributed by atoms with Crippen LogP contribution in [-0.4, -0.2) is 24.7 Å². The molecular weight excluding hydrogens is 506 g/mol. The van der Waals surface area contributed by atoms with E-state index in [1.165, 1.54) is 0 Å². The molecule has 0 amide bonds. The van der Waals surface area contributed by atoms with E-state index in [0.717, 1.165) is 51.0 Å². The van der Waals surface area contributed by atoms with Crippen LogP contribution in [0.4, 0.5) is 0 Å². The largest absolute Gasteiger partial charge is 0.361 e. The molecule has 0 aliphatic heterocycles. The van der Waals surface area contributed by atoms with Crippen LogP contribution < -0.4 is 10.6 Å². The van der Waals surface area contributed by atoms with Gasteiger partial charge in [0.05, 0.1) is 5.69 Å². The van der Waals surface area contributed by atoms with E-state index < -0.39 is 0 Å². The molecule has 1 aromatic heterocycles. The van der Waals surface area contributed by atoms with Crippen molar-refractivity contribution in [1.82, 2.24) is 15.8 Å². The summed E-state index contributed by atoms with van der Waals surface area (Å²) >= 11 is 9.57. The molecule has 132 valence electrons. The second kappa shape index (κ2) is 10.2. The molecule has 0 saturated heterocycles. The number of halogens is 3. The lowest BCUT2D eigenvalue weighted by atomic mass is 10.1. The lowest BCUT2D eigenvalue weighted by Crippen LogP contribution is -2.38. The Bertz CT molecular complexity index is 686. The molecule has 24 heavy (non-hydrogen) atoms. The van der Waals surface area contributed by atoms with Crippen molar-refractivity contribution < 1.29 is 4.52 Å². The van der Waals surface area contributed by atoms with E-state index in [0.29, 0.717) is 6.54 Å². The van der Waals surface area contributed by atoms with Crippen molar-refractivity contribution >= 4 is 57.5 Å². The fraction of sp³-hybridized carbons (Fsp3) is 0.375. The predicted molar refractivity (Wildman–Crippen MR) is 112 cm³/mol. The van der Waals surface area contributed by atoms with Gasteiger partial charge in [-0.25, -0.2) is 0 Å². The number of hydrogen-bond acceptors (Lipinski definition) is 3. The van der Waals surface area contributed by atoms with Gasteiger partial charge < -0.3 is 15.2 Å². The summed E-state index contributed by atoms with van der Waals surface area (Å²) in [6.45, 7) is 5.21. The van der Waals surface area contributed by atoms with Crippen LogP contribution in [0.3, 0.4) is 0 Å². The molecular formula is C16H21BrClIN4O. The Balaban J connectivity index is 0.00000288. The fourth-order valence-corrected chi connectivity index (χ4v) is 2.84. The number of aryl methyl sites for hydroxylation is 2. The quantitative estimate of drug-likeness (QED) is 0.347. The number of rotatable bonds is 5. The van der Waals surface area contributed by atoms with Crippen molar-refractivity contribution in [1.29, 1.82) is 0 Å². The highest BCUT2D eigenvalue weighted by Gasteiger charge is 2.09. The average molecular weight is 528 g/mol. The maximum atomic E-state index is 6.03. The van der Waals surface area contributed by atoms with Crippen LogP contribution in [0.5, 0.6) is 0 Å². The third kappa shape index (κ3) is 5.93. The molecule has 5 nitrogen and oxygen atoms in total. The topological polar surface area (TPSA) is 62.5 Å². The van der Waals surface area contributed by atoms with Gasteiger partial charge in [0.15, 0.2) is 5.96 Å². The first-order valence-corrected chi connectivity index (χ1v) is 8.48. The first kappa shape index (κ1) is 21.2. The Morgan fingerprint density at radius 2 is 2.08 bits per heavy atom. The Hall–Kier alpha value is -0.800. The smallest absolute Gasteiger partial charge is 0.191 e. The fourth-order valence-electron chi connectivity index (χ4n) is 2.20. The number of nitrogens with one attached hydrogen (secondary N) is 2. The minimum atomic E-state index is 0. The molecule has 0 spiro atoms. The molecule has 0 bridgehead atoms. The summed E-state index contributed by atoms with van der Waals surface area (Å²) in [6.07, 6.45) is 0.840. The summed E-state index contributed by atoms with van der Waals surface area (Å²) in [5, 5.41) is 11.2. The number of hydrogen-bond donors (Lipinski definition) is 2. The van der Waals surface area contributed by atoms with Crippen molar-refractivity contribution in [3.8, 4) is 0 Å². The van der Waals surface area contributed by atoms with Crippen molar-refractivity contribution in [2.45, 2.75) is 26.8 Å². The summed E-state index contributed by atoms with van der Waals surface area (Å²) in [6, 6.07) is 5.79. The molecule has 0 aliphatic rings. The van der Waals surface area contributed by atoms with Gasteiger partial charge in [0.1, 0.15) is 5.76 Å². The monoisotopic (exact) mass is 526 g/mol. The number of nitrogens with zero attached hydrogens (tertiary/aromatic N) is 2. The van der Waals surface area contributed by atoms with Crippen LogP contribution in [0, 0.1) is 13.8 Å². The predicted octanol–water partition coefficient (Wildman–Crippen LogP) is 4.23. The highest BCUT2D eigenvalue weighted by Crippen LogP contribution is 2.21. The summed E-state index contributed by atoms with van der Waals surface area (Å²) in [5.41, 5.74) is 3.12. The summed E-state index contributed by atoms with van der Waals surface area (Å²) < 4.78 is 6.21. The number of guanidine groups is 1. The lowest BCUT2D eigenvalue weighted by molar-refractivity contribution is 0.392. The first-order chi connectivity index (χ1) is 11.0. The molecule has 0 unspecified atom stereocenters. The maximum absolute atomic E-state index is 6.03. The normalized spacial score (nSPS) is 11.1. The standard InChI is InChI=1S/C16H20BrClN4O.HI/c1-10-14(11(2)23-22-10)9-21-16(19-3)20-7-6-12-8-13(18)4-5-15(12)17;/h4-5,8H,6-7,9H2,1-3H3,(H2,19,20,21);1H. The second-order valence-electron chi connectivity index (χ2n) is 5.14. The molecule has 8 heteroatoms. The highest BCUT2D eigenvalue weighted by atomic mass is 127. The van der Waals surface area contributed by atoms with Gasteiger partial charge in [-0.05, 0) is 44.0 Å². The van der Waals surface area contributed by atoms with Crippen LogP contribution in [-0.2, 0) is 13.0 Å². The molecule has 2 rings (SSSR count). The minimum absolute atomic E-state index is 0. The zero-order chi connectivity index (χ0) is 16.8. The molecule has 1 aromatic carbocycles. The molecule has 1 heterocycles. The van der Waals surface area contributed by atoms with Gasteiger partial charge in [-0.1, -0.05) is 32.7 Å². The third-order valence-electron chi connectivity index (χ3n) is 3.53. The molecule has 0 aliphatic carbocycles. The zero-order valence-electron chi connectivity index (χ0n) is 13.8. The summed E-state index contributed by atoms with van der Waals surface area (Å²) in [5.74, 6) is 1.57. The lowest BCUT2D eigenvalue weighted by Gasteiger charge is -2.12. The van der Waals surface area contributed by atoms with E-state index in [4.69, 9.17) is 16.1 Å². The summed E-state index contributed by atoms with van der Waals surface area (Å²) in [4.78, 5) is 4.22. The van der Waals surface area contributed by atoms with Crippen molar-refractivity contribution in [3.63, 3.8) is 0 Å². The Labute approximate surface area is 172 Å². The second-order valence-corrected chi connectivity index (χ2v) is 6.43. The average Bonchev–Trinajstić information content (AvgIpc) is 2.85.